The summed E-state index contributed by atoms with van der Waals surface area (Å²) in [6.45, 7) is 12.7. The van der Waals surface area contributed by atoms with E-state index in [0.29, 0.717) is 5.92 Å². The Morgan fingerprint density at radius 3 is 2.45 bits per heavy atom. The van der Waals surface area contributed by atoms with E-state index in [-0.39, 0.29) is 23.4 Å². The molecule has 116 valence electrons. The summed E-state index contributed by atoms with van der Waals surface area (Å²) in [4.78, 5) is 12.3. The monoisotopic (exact) mass is 280 g/mol. The maximum Gasteiger partial charge on any atom is 0.310 e. The average molecular weight is 280 g/mol. The molecule has 2 heteroatoms. The molecule has 0 aromatic carbocycles. The summed E-state index contributed by atoms with van der Waals surface area (Å²) < 4.78 is 5.63. The first kappa shape index (κ1) is 17.3. The normalized spacial score (nSPS) is 24.9. The molecule has 0 saturated heterocycles. The van der Waals surface area contributed by atoms with Gasteiger partial charge in [0.25, 0.3) is 0 Å². The van der Waals surface area contributed by atoms with Crippen LogP contribution in [0.5, 0.6) is 0 Å². The van der Waals surface area contributed by atoms with Gasteiger partial charge in [-0.1, -0.05) is 51.7 Å². The zero-order valence-electron chi connectivity index (χ0n) is 14.2. The fraction of sp³-hybridized carbons (Fsp3) is 0.833. The molecule has 0 N–H and O–H groups in total. The van der Waals surface area contributed by atoms with Crippen molar-refractivity contribution >= 4 is 5.97 Å². The van der Waals surface area contributed by atoms with Crippen molar-refractivity contribution in [2.45, 2.75) is 79.8 Å². The van der Waals surface area contributed by atoms with Gasteiger partial charge in [0.05, 0.1) is 12.0 Å². The number of unbranched alkanes of at least 4 members (excludes halogenated alkanes) is 3. The molecule has 0 heterocycles. The quantitative estimate of drug-likeness (QED) is 0.350. The SMILES string of the molecule is CCCCCC[C@@H](C)OC(=O)[C@H]1[C@@H](C=C(C)C)C1(C)C. The second-order valence-corrected chi connectivity index (χ2v) is 7.17. The van der Waals surface area contributed by atoms with Crippen LogP contribution in [0.3, 0.4) is 0 Å². The molecule has 0 unspecified atom stereocenters. The van der Waals surface area contributed by atoms with Crippen LogP contribution in [0.1, 0.15) is 73.6 Å². The van der Waals surface area contributed by atoms with Crippen LogP contribution in [-0.4, -0.2) is 12.1 Å². The van der Waals surface area contributed by atoms with Gasteiger partial charge in [0, 0.05) is 0 Å². The molecule has 0 spiro atoms. The van der Waals surface area contributed by atoms with Gasteiger partial charge in [-0.3, -0.25) is 4.79 Å². The van der Waals surface area contributed by atoms with Gasteiger partial charge < -0.3 is 4.74 Å². The molecular formula is C18H32O2. The van der Waals surface area contributed by atoms with Gasteiger partial charge >= 0.3 is 5.97 Å². The molecule has 1 aliphatic carbocycles. The Kier molecular flexibility index (Phi) is 6.29. The first-order chi connectivity index (χ1) is 9.30. The maximum atomic E-state index is 12.3. The summed E-state index contributed by atoms with van der Waals surface area (Å²) in [5, 5.41) is 0. The highest BCUT2D eigenvalue weighted by Crippen LogP contribution is 2.59. The Morgan fingerprint density at radius 2 is 1.90 bits per heavy atom. The third-order valence-electron chi connectivity index (χ3n) is 4.46. The molecule has 0 amide bonds. The Morgan fingerprint density at radius 1 is 1.25 bits per heavy atom. The van der Waals surface area contributed by atoms with Crippen LogP contribution in [0.2, 0.25) is 0 Å². The van der Waals surface area contributed by atoms with E-state index in [0.717, 1.165) is 12.8 Å². The lowest BCUT2D eigenvalue weighted by atomic mass is 10.1. The summed E-state index contributed by atoms with van der Waals surface area (Å²) in [6.07, 6.45) is 8.20. The van der Waals surface area contributed by atoms with Crippen molar-refractivity contribution in [3.63, 3.8) is 0 Å². The maximum absolute atomic E-state index is 12.3. The molecule has 1 saturated carbocycles. The molecule has 0 bridgehead atoms. The predicted molar refractivity (Wildman–Crippen MR) is 84.5 cm³/mol. The van der Waals surface area contributed by atoms with Gasteiger partial charge in [0.15, 0.2) is 0 Å². The van der Waals surface area contributed by atoms with Crippen molar-refractivity contribution < 1.29 is 9.53 Å². The Bertz CT molecular complexity index is 350. The molecule has 0 radical (unpaired) electrons. The molecule has 1 aliphatic rings. The molecule has 2 nitrogen and oxygen atoms in total. The lowest BCUT2D eigenvalue weighted by Gasteiger charge is -2.13. The lowest BCUT2D eigenvalue weighted by molar-refractivity contribution is -0.151. The number of carbonyl (C=O) groups is 1. The minimum Gasteiger partial charge on any atom is -0.462 e. The van der Waals surface area contributed by atoms with E-state index in [1.165, 1.54) is 24.8 Å². The van der Waals surface area contributed by atoms with Crippen molar-refractivity contribution in [2.24, 2.45) is 17.3 Å². The van der Waals surface area contributed by atoms with Crippen molar-refractivity contribution in [3.8, 4) is 0 Å². The molecule has 20 heavy (non-hydrogen) atoms. The van der Waals surface area contributed by atoms with Crippen LogP contribution < -0.4 is 0 Å². The van der Waals surface area contributed by atoms with Gasteiger partial charge in [-0.15, -0.1) is 0 Å². The average Bonchev–Trinajstić information content (AvgIpc) is 2.85. The highest BCUT2D eigenvalue weighted by molar-refractivity contribution is 5.78. The minimum atomic E-state index is 0.000455. The molecular weight excluding hydrogens is 248 g/mol. The highest BCUT2D eigenvalue weighted by atomic mass is 16.5. The van der Waals surface area contributed by atoms with Crippen molar-refractivity contribution in [3.05, 3.63) is 11.6 Å². The Balaban J connectivity index is 2.38. The Hall–Kier alpha value is -0.790. The topological polar surface area (TPSA) is 26.3 Å². The number of hydrogen-bond donors (Lipinski definition) is 0. The predicted octanol–water partition coefficient (Wildman–Crippen LogP) is 5.13. The summed E-state index contributed by atoms with van der Waals surface area (Å²) in [7, 11) is 0. The number of ether oxygens (including phenoxy) is 1. The number of carbonyl (C=O) groups excluding carboxylic acids is 1. The highest BCUT2D eigenvalue weighted by Gasteiger charge is 2.61. The van der Waals surface area contributed by atoms with Crippen LogP contribution in [0.25, 0.3) is 0 Å². The van der Waals surface area contributed by atoms with Crippen molar-refractivity contribution in [1.29, 1.82) is 0 Å². The first-order valence-electron chi connectivity index (χ1n) is 8.16. The zero-order chi connectivity index (χ0) is 15.3. The first-order valence-corrected chi connectivity index (χ1v) is 8.16. The third-order valence-corrected chi connectivity index (χ3v) is 4.46. The van der Waals surface area contributed by atoms with E-state index in [1.807, 2.05) is 6.92 Å². The standard InChI is InChI=1S/C18H32O2/c1-7-8-9-10-11-14(4)20-17(19)16-15(12-13(2)3)18(16,5)6/h12,14-16H,7-11H2,1-6H3/t14-,15-,16-/m1/s1. The fourth-order valence-electron chi connectivity index (χ4n) is 2.99. The van der Waals surface area contributed by atoms with Gasteiger partial charge in [-0.25, -0.2) is 0 Å². The van der Waals surface area contributed by atoms with Gasteiger partial charge in [0.2, 0.25) is 0 Å². The van der Waals surface area contributed by atoms with Crippen LogP contribution in [-0.2, 0) is 9.53 Å². The van der Waals surface area contributed by atoms with E-state index in [2.05, 4.69) is 40.7 Å². The smallest absolute Gasteiger partial charge is 0.310 e. The second-order valence-electron chi connectivity index (χ2n) is 7.17. The largest absolute Gasteiger partial charge is 0.462 e. The van der Waals surface area contributed by atoms with Crippen molar-refractivity contribution in [1.82, 2.24) is 0 Å². The van der Waals surface area contributed by atoms with Gasteiger partial charge in [-0.2, -0.15) is 0 Å². The number of hydrogen-bond acceptors (Lipinski definition) is 2. The molecule has 1 fully saturated rings. The van der Waals surface area contributed by atoms with E-state index >= 15 is 0 Å². The van der Waals surface area contributed by atoms with Crippen molar-refractivity contribution in [2.75, 3.05) is 0 Å². The van der Waals surface area contributed by atoms with Crippen LogP contribution in [0.4, 0.5) is 0 Å². The number of rotatable bonds is 8. The Labute approximate surface area is 125 Å². The fourth-order valence-corrected chi connectivity index (χ4v) is 2.99. The summed E-state index contributed by atoms with van der Waals surface area (Å²) in [5.41, 5.74) is 1.35. The van der Waals surface area contributed by atoms with Crippen LogP contribution >= 0.6 is 0 Å². The molecule has 3 atom stereocenters. The van der Waals surface area contributed by atoms with Gasteiger partial charge in [0.1, 0.15) is 0 Å². The minimum absolute atomic E-state index is 0.000455. The number of esters is 1. The van der Waals surface area contributed by atoms with E-state index in [9.17, 15) is 4.79 Å². The second kappa shape index (κ2) is 7.28. The van der Waals surface area contributed by atoms with E-state index in [4.69, 9.17) is 4.74 Å². The number of allylic oxidation sites excluding steroid dienone is 2. The van der Waals surface area contributed by atoms with Gasteiger partial charge in [-0.05, 0) is 44.9 Å². The van der Waals surface area contributed by atoms with E-state index < -0.39 is 0 Å². The lowest BCUT2D eigenvalue weighted by Crippen LogP contribution is -2.18. The molecule has 1 rings (SSSR count). The summed E-state index contributed by atoms with van der Waals surface area (Å²) >= 11 is 0. The molecule has 0 aromatic heterocycles. The molecule has 0 aliphatic heterocycles. The van der Waals surface area contributed by atoms with Crippen LogP contribution in [0, 0.1) is 17.3 Å². The third kappa shape index (κ3) is 4.64. The molecule has 0 aromatic rings. The zero-order valence-corrected chi connectivity index (χ0v) is 14.2. The summed E-state index contributed by atoms with van der Waals surface area (Å²) in [6, 6.07) is 0. The van der Waals surface area contributed by atoms with E-state index in [1.54, 1.807) is 0 Å². The van der Waals surface area contributed by atoms with Crippen LogP contribution in [0.15, 0.2) is 11.6 Å². The summed E-state index contributed by atoms with van der Waals surface area (Å²) in [5.74, 6) is 0.406.